The highest BCUT2D eigenvalue weighted by atomic mass is 16.4. The zero-order valence-electron chi connectivity index (χ0n) is 8.77. The van der Waals surface area contributed by atoms with E-state index in [1.165, 1.54) is 12.5 Å². The van der Waals surface area contributed by atoms with Gasteiger partial charge < -0.3 is 9.52 Å². The number of carboxylic acid groups (broad SMARTS) is 1. The van der Waals surface area contributed by atoms with Crippen molar-refractivity contribution in [3.05, 3.63) is 23.7 Å². The molecule has 1 N–H and O–H groups in total. The molecule has 0 aliphatic carbocycles. The van der Waals surface area contributed by atoms with Gasteiger partial charge in [0.15, 0.2) is 0 Å². The van der Waals surface area contributed by atoms with Gasteiger partial charge in [-0.2, -0.15) is 0 Å². The highest BCUT2D eigenvalue weighted by Crippen LogP contribution is 2.21. The Morgan fingerprint density at radius 3 is 2.87 bits per heavy atom. The molecule has 2 rings (SSSR count). The molecule has 0 radical (unpaired) electrons. The summed E-state index contributed by atoms with van der Waals surface area (Å²) in [6.45, 7) is 5.11. The van der Waals surface area contributed by atoms with E-state index in [2.05, 4.69) is 11.8 Å². The van der Waals surface area contributed by atoms with E-state index in [0.717, 1.165) is 31.3 Å². The smallest absolute Gasteiger partial charge is 0.371 e. The lowest BCUT2D eigenvalue weighted by Crippen LogP contribution is -2.45. The van der Waals surface area contributed by atoms with Gasteiger partial charge in [0, 0.05) is 13.1 Å². The Labute approximate surface area is 88.5 Å². The number of likely N-dealkylation sites (tertiary alicyclic amines) is 1. The third-order valence-corrected chi connectivity index (χ3v) is 2.86. The molecule has 0 amide bonds. The zero-order valence-corrected chi connectivity index (χ0v) is 8.77. The molecule has 1 fully saturated rings. The van der Waals surface area contributed by atoms with Crippen molar-refractivity contribution in [1.29, 1.82) is 0 Å². The van der Waals surface area contributed by atoms with Crippen LogP contribution < -0.4 is 0 Å². The Hall–Kier alpha value is -1.29. The van der Waals surface area contributed by atoms with E-state index in [9.17, 15) is 4.79 Å². The second-order valence-electron chi connectivity index (χ2n) is 4.04. The quantitative estimate of drug-likeness (QED) is 0.821. The molecule has 2 heterocycles. The van der Waals surface area contributed by atoms with E-state index >= 15 is 0 Å². The minimum absolute atomic E-state index is 0.0255. The number of hydrogen-bond donors (Lipinski definition) is 1. The first-order chi connectivity index (χ1) is 7.19. The summed E-state index contributed by atoms with van der Waals surface area (Å²) in [6, 6.07) is 3.25. The molecule has 0 saturated carbocycles. The lowest BCUT2D eigenvalue weighted by molar-refractivity contribution is 0.0640. The number of carboxylic acids is 1. The summed E-state index contributed by atoms with van der Waals surface area (Å²) in [6.07, 6.45) is 1.22. The van der Waals surface area contributed by atoms with E-state index in [1.54, 1.807) is 6.07 Å². The molecule has 0 aromatic carbocycles. The number of hydrogen-bond acceptors (Lipinski definition) is 3. The van der Waals surface area contributed by atoms with Crippen LogP contribution in [0.3, 0.4) is 0 Å². The van der Waals surface area contributed by atoms with Crippen LogP contribution in [0, 0.1) is 5.92 Å². The molecular weight excluding hydrogens is 194 g/mol. The van der Waals surface area contributed by atoms with Gasteiger partial charge in [0.1, 0.15) is 5.76 Å². The fourth-order valence-corrected chi connectivity index (χ4v) is 1.86. The van der Waals surface area contributed by atoms with Crippen molar-refractivity contribution in [2.24, 2.45) is 5.92 Å². The van der Waals surface area contributed by atoms with E-state index in [4.69, 9.17) is 9.52 Å². The van der Waals surface area contributed by atoms with Crippen LogP contribution in [0.4, 0.5) is 0 Å². The second kappa shape index (κ2) is 4.06. The van der Waals surface area contributed by atoms with Crippen molar-refractivity contribution in [3.8, 4) is 0 Å². The van der Waals surface area contributed by atoms with Crippen LogP contribution in [0.2, 0.25) is 0 Å². The number of rotatable bonds is 4. The van der Waals surface area contributed by atoms with Gasteiger partial charge in [-0.25, -0.2) is 4.79 Å². The van der Waals surface area contributed by atoms with E-state index < -0.39 is 5.97 Å². The summed E-state index contributed by atoms with van der Waals surface area (Å²) in [4.78, 5) is 12.8. The Kier molecular flexibility index (Phi) is 2.77. The molecule has 1 aliphatic heterocycles. The van der Waals surface area contributed by atoms with Crippen LogP contribution in [0.15, 0.2) is 16.5 Å². The second-order valence-corrected chi connectivity index (χ2v) is 4.04. The normalized spacial score (nSPS) is 17.7. The molecule has 0 unspecified atom stereocenters. The number of aromatic carboxylic acids is 1. The topological polar surface area (TPSA) is 53.7 Å². The van der Waals surface area contributed by atoms with Gasteiger partial charge in [0.05, 0.1) is 6.54 Å². The summed E-state index contributed by atoms with van der Waals surface area (Å²) in [5, 5.41) is 8.68. The van der Waals surface area contributed by atoms with Crippen molar-refractivity contribution in [1.82, 2.24) is 4.90 Å². The highest BCUT2D eigenvalue weighted by molar-refractivity contribution is 5.84. The van der Waals surface area contributed by atoms with Gasteiger partial charge >= 0.3 is 5.97 Å². The molecule has 1 saturated heterocycles. The standard InChI is InChI=1S/C11H15NO3/c1-2-8-5-12(6-8)7-9-3-4-10(15-9)11(13)14/h3-4,8H,2,5-7H2,1H3,(H,13,14). The van der Waals surface area contributed by atoms with Crippen LogP contribution in [0.1, 0.15) is 29.7 Å². The van der Waals surface area contributed by atoms with Gasteiger partial charge in [0.25, 0.3) is 0 Å². The Bertz CT molecular complexity index is 352. The summed E-state index contributed by atoms with van der Waals surface area (Å²) in [7, 11) is 0. The molecule has 1 aromatic rings. The molecule has 4 heteroatoms. The van der Waals surface area contributed by atoms with Crippen LogP contribution in [-0.2, 0) is 6.54 Å². The molecular formula is C11H15NO3. The van der Waals surface area contributed by atoms with Crippen LogP contribution in [0.5, 0.6) is 0 Å². The Morgan fingerprint density at radius 1 is 1.60 bits per heavy atom. The maximum Gasteiger partial charge on any atom is 0.371 e. The summed E-state index contributed by atoms with van der Waals surface area (Å²) in [5.41, 5.74) is 0. The van der Waals surface area contributed by atoms with Crippen molar-refractivity contribution in [2.45, 2.75) is 19.9 Å². The molecule has 4 nitrogen and oxygen atoms in total. The average molecular weight is 209 g/mol. The largest absolute Gasteiger partial charge is 0.475 e. The van der Waals surface area contributed by atoms with Gasteiger partial charge in [-0.15, -0.1) is 0 Å². The Balaban J connectivity index is 1.87. The number of carbonyl (C=O) groups is 1. The van der Waals surface area contributed by atoms with Crippen LogP contribution in [0.25, 0.3) is 0 Å². The highest BCUT2D eigenvalue weighted by Gasteiger charge is 2.25. The predicted molar refractivity (Wildman–Crippen MR) is 54.7 cm³/mol. The minimum atomic E-state index is -1.00. The molecule has 0 atom stereocenters. The maximum absolute atomic E-state index is 10.6. The Morgan fingerprint density at radius 2 is 2.33 bits per heavy atom. The molecule has 1 aliphatic rings. The monoisotopic (exact) mass is 209 g/mol. The van der Waals surface area contributed by atoms with E-state index in [0.29, 0.717) is 0 Å². The van der Waals surface area contributed by atoms with Crippen molar-refractivity contribution in [2.75, 3.05) is 13.1 Å². The van der Waals surface area contributed by atoms with Crippen molar-refractivity contribution < 1.29 is 14.3 Å². The summed E-state index contributed by atoms with van der Waals surface area (Å²) in [5.74, 6) is 0.565. The third kappa shape index (κ3) is 2.21. The van der Waals surface area contributed by atoms with Crippen molar-refractivity contribution >= 4 is 5.97 Å². The molecule has 0 spiro atoms. The lowest BCUT2D eigenvalue weighted by atomic mass is 9.97. The maximum atomic E-state index is 10.6. The first-order valence-corrected chi connectivity index (χ1v) is 5.23. The molecule has 82 valence electrons. The zero-order chi connectivity index (χ0) is 10.8. The average Bonchev–Trinajstić information content (AvgIpc) is 2.58. The third-order valence-electron chi connectivity index (χ3n) is 2.86. The van der Waals surface area contributed by atoms with E-state index in [-0.39, 0.29) is 5.76 Å². The van der Waals surface area contributed by atoms with Gasteiger partial charge in [-0.1, -0.05) is 13.3 Å². The minimum Gasteiger partial charge on any atom is -0.475 e. The van der Waals surface area contributed by atoms with E-state index in [1.807, 2.05) is 0 Å². The SMILES string of the molecule is CCC1CN(Cc2ccc(C(=O)O)o2)C1. The van der Waals surface area contributed by atoms with Crippen LogP contribution in [-0.4, -0.2) is 29.1 Å². The molecule has 1 aromatic heterocycles. The molecule has 15 heavy (non-hydrogen) atoms. The number of nitrogens with zero attached hydrogens (tertiary/aromatic N) is 1. The van der Waals surface area contributed by atoms with Crippen LogP contribution >= 0.6 is 0 Å². The summed E-state index contributed by atoms with van der Waals surface area (Å²) < 4.78 is 5.18. The van der Waals surface area contributed by atoms with Gasteiger partial charge in [0.2, 0.25) is 5.76 Å². The first-order valence-electron chi connectivity index (χ1n) is 5.23. The van der Waals surface area contributed by atoms with Crippen molar-refractivity contribution in [3.63, 3.8) is 0 Å². The number of furan rings is 1. The fourth-order valence-electron chi connectivity index (χ4n) is 1.86. The first kappa shape index (κ1) is 10.2. The lowest BCUT2D eigenvalue weighted by Gasteiger charge is -2.38. The predicted octanol–water partition coefficient (Wildman–Crippen LogP) is 1.82. The van der Waals surface area contributed by atoms with Gasteiger partial charge in [-0.3, -0.25) is 4.90 Å². The summed E-state index contributed by atoms with van der Waals surface area (Å²) >= 11 is 0. The fraction of sp³-hybridized carbons (Fsp3) is 0.545. The van der Waals surface area contributed by atoms with Gasteiger partial charge in [-0.05, 0) is 18.1 Å². The molecule has 0 bridgehead atoms.